The Kier molecular flexibility index (Phi) is 4.39. The van der Waals surface area contributed by atoms with Gasteiger partial charge in [0.1, 0.15) is 9.61 Å². The molecule has 0 radical (unpaired) electrons. The van der Waals surface area contributed by atoms with Gasteiger partial charge < -0.3 is 5.73 Å². The Hall–Kier alpha value is 0.360. The third kappa shape index (κ3) is 2.62. The Morgan fingerprint density at radius 3 is 2.67 bits per heavy atom. The maximum Gasteiger partial charge on any atom is 0.117 e. The Morgan fingerprint density at radius 1 is 1.78 bits per heavy atom. The number of nitrogens with two attached hydrogens (primary N) is 1. The van der Waals surface area contributed by atoms with Crippen LogP contribution in [0.2, 0.25) is 0 Å². The van der Waals surface area contributed by atoms with E-state index in [1.165, 1.54) is 0 Å². The third-order valence-corrected chi connectivity index (χ3v) is 2.28. The summed E-state index contributed by atoms with van der Waals surface area (Å²) in [5.74, 6) is 0. The van der Waals surface area contributed by atoms with Gasteiger partial charge in [-0.2, -0.15) is 0 Å². The number of hydrogen-bond donors (Lipinski definition) is 1. The van der Waals surface area contributed by atoms with Gasteiger partial charge in [-0.25, -0.2) is 4.98 Å². The summed E-state index contributed by atoms with van der Waals surface area (Å²) >= 11 is 4.78. The van der Waals surface area contributed by atoms with Crippen molar-refractivity contribution < 1.29 is 0 Å². The molecule has 9 heavy (non-hydrogen) atoms. The van der Waals surface area contributed by atoms with E-state index in [0.717, 1.165) is 9.61 Å². The Morgan fingerprint density at radius 2 is 2.44 bits per heavy atom. The summed E-state index contributed by atoms with van der Waals surface area (Å²) in [4.78, 5) is 4.04. The van der Waals surface area contributed by atoms with Crippen molar-refractivity contribution in [2.75, 3.05) is 0 Å². The highest BCUT2D eigenvalue weighted by Crippen LogP contribution is 2.13. The minimum atomic E-state index is 0. The normalized spacial score (nSPS) is 8.67. The van der Waals surface area contributed by atoms with E-state index in [9.17, 15) is 0 Å². The molecule has 1 heterocycles. The lowest BCUT2D eigenvalue weighted by Gasteiger charge is -1.79. The summed E-state index contributed by atoms with van der Waals surface area (Å²) in [7, 11) is 0. The molecule has 0 amide bonds. The molecule has 52 valence electrons. The number of halogens is 2. The lowest BCUT2D eigenvalue weighted by atomic mass is 10.7. The lowest BCUT2D eigenvalue weighted by Crippen LogP contribution is -1.93. The van der Waals surface area contributed by atoms with Gasteiger partial charge in [0.15, 0.2) is 0 Å². The van der Waals surface area contributed by atoms with Gasteiger partial charge in [-0.15, -0.1) is 23.7 Å². The Bertz CT molecular complexity index is 179. The SMILES string of the molecule is Cl.NCc1nc(Br)cs1. The van der Waals surface area contributed by atoms with Gasteiger partial charge in [0.2, 0.25) is 0 Å². The summed E-state index contributed by atoms with van der Waals surface area (Å²) in [6.45, 7) is 0.538. The van der Waals surface area contributed by atoms with Crippen LogP contribution in [0.1, 0.15) is 5.01 Å². The molecule has 0 bridgehead atoms. The molecule has 0 atom stereocenters. The molecular weight excluding hydrogens is 223 g/mol. The molecule has 0 spiro atoms. The van der Waals surface area contributed by atoms with Crippen LogP contribution in [0, 0.1) is 0 Å². The molecule has 0 unspecified atom stereocenters. The second-order valence-electron chi connectivity index (χ2n) is 1.27. The van der Waals surface area contributed by atoms with E-state index >= 15 is 0 Å². The molecule has 0 aliphatic heterocycles. The van der Waals surface area contributed by atoms with Crippen LogP contribution in [0.4, 0.5) is 0 Å². The van der Waals surface area contributed by atoms with Crippen LogP contribution in [0.5, 0.6) is 0 Å². The summed E-state index contributed by atoms with van der Waals surface area (Å²) in [5, 5.41) is 2.89. The molecule has 1 aromatic rings. The van der Waals surface area contributed by atoms with Gasteiger partial charge >= 0.3 is 0 Å². The first-order chi connectivity index (χ1) is 3.83. The first-order valence-electron chi connectivity index (χ1n) is 2.13. The zero-order valence-electron chi connectivity index (χ0n) is 4.50. The van der Waals surface area contributed by atoms with Gasteiger partial charge in [-0.1, -0.05) is 0 Å². The number of nitrogens with zero attached hydrogens (tertiary/aromatic N) is 1. The Labute approximate surface area is 72.0 Å². The molecule has 1 aromatic heterocycles. The zero-order valence-corrected chi connectivity index (χ0v) is 7.72. The first kappa shape index (κ1) is 9.36. The van der Waals surface area contributed by atoms with E-state index in [4.69, 9.17) is 5.73 Å². The highest BCUT2D eigenvalue weighted by molar-refractivity contribution is 9.10. The standard InChI is InChI=1S/C4H5BrN2S.ClH/c5-3-2-8-4(1-6)7-3;/h2H,1,6H2;1H. The smallest absolute Gasteiger partial charge is 0.117 e. The molecule has 2 N–H and O–H groups in total. The molecule has 1 rings (SSSR count). The molecule has 0 saturated heterocycles. The fraction of sp³-hybridized carbons (Fsp3) is 0.250. The second-order valence-corrected chi connectivity index (χ2v) is 3.02. The highest BCUT2D eigenvalue weighted by Gasteiger charge is 1.93. The molecule has 2 nitrogen and oxygen atoms in total. The number of rotatable bonds is 1. The summed E-state index contributed by atoms with van der Waals surface area (Å²) < 4.78 is 0.878. The molecule has 0 aliphatic carbocycles. The van der Waals surface area contributed by atoms with Crippen molar-refractivity contribution in [3.8, 4) is 0 Å². The third-order valence-electron chi connectivity index (χ3n) is 0.698. The first-order valence-corrected chi connectivity index (χ1v) is 3.80. The zero-order chi connectivity index (χ0) is 5.98. The van der Waals surface area contributed by atoms with Crippen LogP contribution < -0.4 is 5.73 Å². The van der Waals surface area contributed by atoms with Gasteiger partial charge in [0, 0.05) is 11.9 Å². The van der Waals surface area contributed by atoms with Crippen LogP contribution in [0.15, 0.2) is 9.98 Å². The van der Waals surface area contributed by atoms with Crippen molar-refractivity contribution in [2.24, 2.45) is 5.73 Å². The van der Waals surface area contributed by atoms with Crippen LogP contribution in [-0.2, 0) is 6.54 Å². The summed E-state index contributed by atoms with van der Waals surface area (Å²) in [5.41, 5.74) is 5.29. The van der Waals surface area contributed by atoms with E-state index in [2.05, 4.69) is 20.9 Å². The summed E-state index contributed by atoms with van der Waals surface area (Å²) in [6, 6.07) is 0. The number of thiazole rings is 1. The van der Waals surface area contributed by atoms with Crippen molar-refractivity contribution >= 4 is 39.7 Å². The predicted molar refractivity (Wildman–Crippen MR) is 45.0 cm³/mol. The van der Waals surface area contributed by atoms with Gasteiger partial charge in [0.05, 0.1) is 0 Å². The molecule has 0 fully saturated rings. The topological polar surface area (TPSA) is 38.9 Å². The van der Waals surface area contributed by atoms with E-state index in [1.807, 2.05) is 5.38 Å². The van der Waals surface area contributed by atoms with Crippen molar-refractivity contribution in [3.05, 3.63) is 15.0 Å². The fourth-order valence-corrected chi connectivity index (χ4v) is 1.53. The number of aromatic nitrogens is 1. The van der Waals surface area contributed by atoms with Crippen LogP contribution in [0.3, 0.4) is 0 Å². The molecule has 0 aromatic carbocycles. The quantitative estimate of drug-likeness (QED) is 0.797. The van der Waals surface area contributed by atoms with Crippen molar-refractivity contribution in [1.82, 2.24) is 4.98 Å². The lowest BCUT2D eigenvalue weighted by molar-refractivity contribution is 1.03. The Balaban J connectivity index is 0.000000640. The molecule has 0 aliphatic rings. The molecule has 0 saturated carbocycles. The van der Waals surface area contributed by atoms with Crippen molar-refractivity contribution in [3.63, 3.8) is 0 Å². The average molecular weight is 230 g/mol. The van der Waals surface area contributed by atoms with Crippen LogP contribution in [0.25, 0.3) is 0 Å². The maximum atomic E-state index is 5.29. The van der Waals surface area contributed by atoms with Crippen molar-refractivity contribution in [1.29, 1.82) is 0 Å². The van der Waals surface area contributed by atoms with E-state index in [0.29, 0.717) is 6.54 Å². The average Bonchev–Trinajstić information content (AvgIpc) is 2.14. The van der Waals surface area contributed by atoms with Crippen LogP contribution >= 0.6 is 39.7 Å². The molecular formula is C4H6BrClN2S. The van der Waals surface area contributed by atoms with Gasteiger partial charge in [-0.3, -0.25) is 0 Å². The summed E-state index contributed by atoms with van der Waals surface area (Å²) in [6.07, 6.45) is 0. The van der Waals surface area contributed by atoms with Gasteiger partial charge in [-0.05, 0) is 15.9 Å². The van der Waals surface area contributed by atoms with E-state index in [-0.39, 0.29) is 12.4 Å². The van der Waals surface area contributed by atoms with Crippen molar-refractivity contribution in [2.45, 2.75) is 6.54 Å². The number of hydrogen-bond acceptors (Lipinski definition) is 3. The monoisotopic (exact) mass is 228 g/mol. The largest absolute Gasteiger partial charge is 0.325 e. The van der Waals surface area contributed by atoms with E-state index in [1.54, 1.807) is 11.3 Å². The second kappa shape index (κ2) is 4.22. The fourth-order valence-electron chi connectivity index (χ4n) is 0.382. The molecule has 5 heteroatoms. The van der Waals surface area contributed by atoms with E-state index < -0.39 is 0 Å². The minimum Gasteiger partial charge on any atom is -0.325 e. The van der Waals surface area contributed by atoms with Gasteiger partial charge in [0.25, 0.3) is 0 Å². The highest BCUT2D eigenvalue weighted by atomic mass is 79.9. The minimum absolute atomic E-state index is 0. The predicted octanol–water partition coefficient (Wildman–Crippen LogP) is 1.79. The maximum absolute atomic E-state index is 5.29. The van der Waals surface area contributed by atoms with Crippen LogP contribution in [-0.4, -0.2) is 4.98 Å².